The van der Waals surface area contributed by atoms with Crippen LogP contribution < -0.4 is 64.5 Å². The summed E-state index contributed by atoms with van der Waals surface area (Å²) in [5, 5.41) is 29.9. The Morgan fingerprint density at radius 3 is 2.13 bits per heavy atom. The molecule has 2 unspecified atom stereocenters. The summed E-state index contributed by atoms with van der Waals surface area (Å²) in [7, 11) is 0. The molecule has 0 spiro atoms. The molecule has 238 valence electrons. The summed E-state index contributed by atoms with van der Waals surface area (Å²) in [5.41, 5.74) is 2.85. The molecule has 3 rings (SSSR count). The number of unbranched alkanes of at least 4 members (excludes halogenated alkanes) is 7. The van der Waals surface area contributed by atoms with Gasteiger partial charge in [-0.15, -0.1) is 11.8 Å². The molecule has 0 amide bonds. The van der Waals surface area contributed by atoms with Crippen molar-refractivity contribution < 1.29 is 91.3 Å². The van der Waals surface area contributed by atoms with Gasteiger partial charge in [0.1, 0.15) is 5.58 Å². The third-order valence-corrected chi connectivity index (χ3v) is 9.27. The fraction of sp³-hybridized carbons (Fsp3) is 0.514. The van der Waals surface area contributed by atoms with Crippen LogP contribution in [0.15, 0.2) is 56.6 Å². The van der Waals surface area contributed by atoms with Gasteiger partial charge >= 0.3 is 71.1 Å². The average Bonchev–Trinajstić information content (AvgIpc) is 2.98. The van der Waals surface area contributed by atoms with E-state index in [2.05, 4.69) is 31.2 Å². The van der Waals surface area contributed by atoms with Gasteiger partial charge in [-0.3, -0.25) is 9.59 Å². The number of aliphatic hydroxyl groups is 1. The van der Waals surface area contributed by atoms with E-state index in [1.807, 2.05) is 13.0 Å². The number of carboxylic acid groups (broad SMARTS) is 2. The predicted molar refractivity (Wildman–Crippen MR) is 175 cm³/mol. The number of carboxylic acids is 2. The van der Waals surface area contributed by atoms with E-state index < -0.39 is 29.2 Å². The van der Waals surface area contributed by atoms with E-state index in [4.69, 9.17) is 9.52 Å². The Bertz CT molecular complexity index is 1400. The van der Waals surface area contributed by atoms with Crippen molar-refractivity contribution in [2.75, 3.05) is 0 Å². The van der Waals surface area contributed by atoms with Gasteiger partial charge in [0.05, 0.1) is 16.7 Å². The molecular weight excluding hydrogens is 610 g/mol. The Morgan fingerprint density at radius 2 is 1.51 bits per heavy atom. The zero-order valence-corrected chi connectivity index (χ0v) is 32.3. The first-order valence-corrected chi connectivity index (χ1v) is 16.6. The molecule has 0 saturated carbocycles. The minimum absolute atomic E-state index is 0. The molecule has 2 atom stereocenters. The number of hydrogen-bond donors (Lipinski definition) is 3. The topological polar surface area (TPSA) is 125 Å². The zero-order valence-electron chi connectivity index (χ0n) is 29.5. The molecule has 7 nitrogen and oxygen atoms in total. The molecular formula is C35H48Na2O7S. The van der Waals surface area contributed by atoms with Crippen LogP contribution in [0.5, 0.6) is 0 Å². The van der Waals surface area contributed by atoms with Crippen molar-refractivity contribution in [3.63, 3.8) is 0 Å². The second-order valence-corrected chi connectivity index (χ2v) is 12.5. The number of thioether (sulfide) groups is 1. The van der Waals surface area contributed by atoms with Crippen molar-refractivity contribution in [3.8, 4) is 0 Å². The van der Waals surface area contributed by atoms with Crippen LogP contribution in [0.2, 0.25) is 0 Å². The van der Waals surface area contributed by atoms with Crippen molar-refractivity contribution in [2.24, 2.45) is 0 Å². The zero-order chi connectivity index (χ0) is 31.2. The van der Waals surface area contributed by atoms with Crippen LogP contribution in [-0.2, 0) is 17.6 Å². The molecule has 2 aromatic carbocycles. The summed E-state index contributed by atoms with van der Waals surface area (Å²) in [6.45, 7) is 4.23. The summed E-state index contributed by atoms with van der Waals surface area (Å²) in [4.78, 5) is 36.1. The number of aliphatic hydroxyl groups excluding tert-OH is 1. The standard InChI is InChI=1S/C35H46O7S.2Na.2H/c1-3-5-6-7-8-9-10-14-24-17-19-25(20-18-24)34(28(36)15-11-12-16-32(38)39)43-31-22-21-26-29(37)23-30(35(40)41)42-33(26)27(31)13-4-2;;;;/h17-23,28,34,36H,3-16H2,1-2H3,(H,38,39)(H,40,41);;;;/q;2*+1;2*-1. The maximum absolute atomic E-state index is 12.7. The number of aryl methyl sites for hydroxylation is 2. The van der Waals surface area contributed by atoms with E-state index in [1.54, 1.807) is 6.07 Å². The summed E-state index contributed by atoms with van der Waals surface area (Å²) in [6, 6.07) is 12.9. The van der Waals surface area contributed by atoms with Crippen LogP contribution in [0.1, 0.15) is 126 Å². The van der Waals surface area contributed by atoms with Crippen LogP contribution in [0.25, 0.3) is 11.0 Å². The first kappa shape index (κ1) is 41.9. The monoisotopic (exact) mass is 658 g/mol. The maximum atomic E-state index is 12.7. The van der Waals surface area contributed by atoms with Crippen LogP contribution in [0.3, 0.4) is 0 Å². The van der Waals surface area contributed by atoms with Gasteiger partial charge in [-0.1, -0.05) is 89.5 Å². The number of aromatic carboxylic acids is 1. The second-order valence-electron chi connectivity index (χ2n) is 11.3. The number of rotatable bonds is 20. The minimum Gasteiger partial charge on any atom is -1.00 e. The number of carbonyl (C=O) groups is 2. The molecule has 1 heterocycles. The molecule has 0 aliphatic heterocycles. The Hall–Kier alpha value is -1.10. The average molecular weight is 659 g/mol. The van der Waals surface area contributed by atoms with Gasteiger partial charge in [0.2, 0.25) is 5.76 Å². The number of fused-ring (bicyclic) bond motifs is 1. The SMILES string of the molecule is CCCCCCCCCc1ccc(C(Sc2ccc3c(=O)cc(C(=O)O)oc3c2CCC)C(O)CCCCC(=O)O)cc1.[H-].[H-].[Na+].[Na+]. The summed E-state index contributed by atoms with van der Waals surface area (Å²) < 4.78 is 5.74. The van der Waals surface area contributed by atoms with Gasteiger partial charge in [-0.05, 0) is 55.4 Å². The van der Waals surface area contributed by atoms with E-state index in [9.17, 15) is 24.6 Å². The second kappa shape index (κ2) is 22.5. The van der Waals surface area contributed by atoms with E-state index in [-0.39, 0.29) is 79.2 Å². The van der Waals surface area contributed by atoms with Gasteiger partial charge in [0, 0.05) is 22.9 Å². The molecule has 1 aromatic heterocycles. The van der Waals surface area contributed by atoms with E-state index >= 15 is 0 Å². The quantitative estimate of drug-likeness (QED) is 0.0963. The van der Waals surface area contributed by atoms with Crippen molar-refractivity contribution in [2.45, 2.75) is 120 Å². The minimum atomic E-state index is -1.30. The van der Waals surface area contributed by atoms with Crippen LogP contribution in [0.4, 0.5) is 0 Å². The van der Waals surface area contributed by atoms with Gasteiger partial charge in [-0.2, -0.15) is 0 Å². The molecule has 3 aromatic rings. The Kier molecular flexibility index (Phi) is 20.9. The molecule has 3 N–H and O–H groups in total. The van der Waals surface area contributed by atoms with E-state index in [0.717, 1.165) is 41.4 Å². The maximum Gasteiger partial charge on any atom is 1.00 e. The molecule has 0 bridgehead atoms. The van der Waals surface area contributed by atoms with Gasteiger partial charge in [-0.25, -0.2) is 4.79 Å². The number of hydrogen-bond acceptors (Lipinski definition) is 6. The van der Waals surface area contributed by atoms with E-state index in [1.165, 1.54) is 55.9 Å². The van der Waals surface area contributed by atoms with Crippen molar-refractivity contribution >= 4 is 34.7 Å². The molecule has 45 heavy (non-hydrogen) atoms. The number of benzene rings is 2. The Morgan fingerprint density at radius 1 is 0.844 bits per heavy atom. The molecule has 0 saturated heterocycles. The third-order valence-electron chi connectivity index (χ3n) is 7.79. The molecule has 0 aliphatic rings. The molecule has 0 fully saturated rings. The van der Waals surface area contributed by atoms with E-state index in [0.29, 0.717) is 31.1 Å². The Balaban J connectivity index is 0. The van der Waals surface area contributed by atoms with Crippen LogP contribution in [0, 0.1) is 0 Å². The van der Waals surface area contributed by atoms with Crippen LogP contribution >= 0.6 is 11.8 Å². The van der Waals surface area contributed by atoms with Gasteiger partial charge < -0.3 is 22.6 Å². The van der Waals surface area contributed by atoms with Crippen molar-refractivity contribution in [3.05, 3.63) is 75.1 Å². The normalized spacial score (nSPS) is 12.2. The van der Waals surface area contributed by atoms with Gasteiger partial charge in [0.15, 0.2) is 5.43 Å². The Labute approximate surface area is 318 Å². The molecule has 0 aliphatic carbocycles. The first-order chi connectivity index (χ1) is 20.7. The summed E-state index contributed by atoms with van der Waals surface area (Å²) in [5.74, 6) is -2.55. The third kappa shape index (κ3) is 13.5. The molecule has 10 heteroatoms. The summed E-state index contributed by atoms with van der Waals surface area (Å²) in [6.07, 6.45) is 12.0. The van der Waals surface area contributed by atoms with Gasteiger partial charge in [0.25, 0.3) is 0 Å². The predicted octanol–water partition coefficient (Wildman–Crippen LogP) is 2.81. The first-order valence-electron chi connectivity index (χ1n) is 15.7. The fourth-order valence-electron chi connectivity index (χ4n) is 5.41. The van der Waals surface area contributed by atoms with Crippen LogP contribution in [-0.4, -0.2) is 33.4 Å². The van der Waals surface area contributed by atoms with Crippen molar-refractivity contribution in [1.82, 2.24) is 0 Å². The smallest absolute Gasteiger partial charge is 1.00 e. The largest absolute Gasteiger partial charge is 1.00 e. The summed E-state index contributed by atoms with van der Waals surface area (Å²) >= 11 is 1.48. The fourth-order valence-corrected chi connectivity index (χ4v) is 6.75. The molecule has 0 radical (unpaired) electrons. The van der Waals surface area contributed by atoms with Crippen molar-refractivity contribution in [1.29, 1.82) is 0 Å². The number of aliphatic carboxylic acids is 1.